The van der Waals surface area contributed by atoms with Gasteiger partial charge in [0.2, 0.25) is 5.78 Å². The van der Waals surface area contributed by atoms with Gasteiger partial charge in [0.25, 0.3) is 5.56 Å². The van der Waals surface area contributed by atoms with Crippen molar-refractivity contribution in [3.05, 3.63) is 63.7 Å². The highest BCUT2D eigenvalue weighted by atomic mass is 16.1. The molecular formula is C18H15BN2O2. The first-order valence-corrected chi connectivity index (χ1v) is 7.55. The highest BCUT2D eigenvalue weighted by molar-refractivity contribution is 6.33. The topological polar surface area (TPSA) is 52.0 Å². The van der Waals surface area contributed by atoms with E-state index < -0.39 is 0 Å². The number of carbonyl (C=O) groups excluding carboxylic acids is 1. The van der Waals surface area contributed by atoms with E-state index in [1.54, 1.807) is 24.3 Å². The zero-order valence-electron chi connectivity index (χ0n) is 13.3. The Morgan fingerprint density at radius 3 is 2.57 bits per heavy atom. The summed E-state index contributed by atoms with van der Waals surface area (Å²) in [7, 11) is 5.73. The van der Waals surface area contributed by atoms with Crippen LogP contribution in [0.15, 0.2) is 41.2 Å². The van der Waals surface area contributed by atoms with Gasteiger partial charge in [-0.1, -0.05) is 43.6 Å². The number of carbonyl (C=O) groups is 1. The minimum Gasteiger partial charge on any atom is -0.285 e. The standard InChI is InChI=1S/C16H9BN2O2.C2H6/c1-8-3-2-4-10-13(8)18-15-14(20)11-7-9(17)5-6-12(11)19(15)16(10)21;1-2/h2-7H,1H3;1-2H3. The fourth-order valence-electron chi connectivity index (χ4n) is 2.78. The molecule has 0 aliphatic carbocycles. The van der Waals surface area contributed by atoms with E-state index in [9.17, 15) is 9.59 Å². The van der Waals surface area contributed by atoms with Crippen LogP contribution in [0.3, 0.4) is 0 Å². The smallest absolute Gasteiger partial charge is 0.266 e. The molecule has 2 radical (unpaired) electrons. The van der Waals surface area contributed by atoms with E-state index in [1.807, 2.05) is 32.9 Å². The third-order valence-corrected chi connectivity index (χ3v) is 3.81. The van der Waals surface area contributed by atoms with Crippen LogP contribution in [0.5, 0.6) is 0 Å². The Balaban J connectivity index is 0.000000753. The lowest BCUT2D eigenvalue weighted by atomic mass is 9.93. The maximum atomic E-state index is 12.7. The van der Waals surface area contributed by atoms with Crippen molar-refractivity contribution in [2.75, 3.05) is 0 Å². The van der Waals surface area contributed by atoms with Crippen LogP contribution in [0, 0.1) is 6.92 Å². The number of aryl methyl sites for hydroxylation is 1. The molecule has 5 heteroatoms. The van der Waals surface area contributed by atoms with E-state index in [4.69, 9.17) is 7.85 Å². The van der Waals surface area contributed by atoms with Crippen LogP contribution in [0.25, 0.3) is 16.6 Å². The van der Waals surface area contributed by atoms with E-state index >= 15 is 0 Å². The first-order valence-electron chi connectivity index (χ1n) is 7.55. The Bertz CT molecular complexity index is 1010. The highest BCUT2D eigenvalue weighted by Crippen LogP contribution is 2.25. The van der Waals surface area contributed by atoms with Gasteiger partial charge in [0.1, 0.15) is 7.85 Å². The summed E-state index contributed by atoms with van der Waals surface area (Å²) in [6.45, 7) is 5.87. The van der Waals surface area contributed by atoms with E-state index in [1.165, 1.54) is 4.57 Å². The predicted molar refractivity (Wildman–Crippen MR) is 92.2 cm³/mol. The molecular weight excluding hydrogens is 287 g/mol. The van der Waals surface area contributed by atoms with Gasteiger partial charge in [-0.05, 0) is 24.6 Å². The second-order valence-corrected chi connectivity index (χ2v) is 5.15. The van der Waals surface area contributed by atoms with Crippen molar-refractivity contribution in [3.8, 4) is 5.69 Å². The van der Waals surface area contributed by atoms with Crippen molar-refractivity contribution in [3.63, 3.8) is 0 Å². The van der Waals surface area contributed by atoms with Gasteiger partial charge in [-0.2, -0.15) is 0 Å². The van der Waals surface area contributed by atoms with E-state index in [0.29, 0.717) is 27.6 Å². The number of hydrogen-bond acceptors (Lipinski definition) is 3. The number of para-hydroxylation sites is 1. The molecule has 2 aromatic carbocycles. The Labute approximate surface area is 135 Å². The van der Waals surface area contributed by atoms with Gasteiger partial charge in [-0.3, -0.25) is 14.2 Å². The van der Waals surface area contributed by atoms with Gasteiger partial charge in [0, 0.05) is 5.56 Å². The molecule has 23 heavy (non-hydrogen) atoms. The maximum absolute atomic E-state index is 12.7. The van der Waals surface area contributed by atoms with Gasteiger partial charge < -0.3 is 0 Å². The number of ketones is 1. The summed E-state index contributed by atoms with van der Waals surface area (Å²) in [6, 6.07) is 10.4. The van der Waals surface area contributed by atoms with Crippen molar-refractivity contribution in [1.29, 1.82) is 0 Å². The van der Waals surface area contributed by atoms with Gasteiger partial charge in [0.05, 0.1) is 16.6 Å². The number of benzene rings is 2. The van der Waals surface area contributed by atoms with Crippen LogP contribution in [-0.4, -0.2) is 23.2 Å². The molecule has 2 heterocycles. The minimum absolute atomic E-state index is 0.155. The maximum Gasteiger partial charge on any atom is 0.266 e. The molecule has 0 bridgehead atoms. The van der Waals surface area contributed by atoms with Crippen LogP contribution in [0.4, 0.5) is 0 Å². The van der Waals surface area contributed by atoms with Gasteiger partial charge >= 0.3 is 0 Å². The van der Waals surface area contributed by atoms with Crippen LogP contribution in [0.1, 0.15) is 35.6 Å². The minimum atomic E-state index is -0.264. The quantitative estimate of drug-likeness (QED) is 0.467. The molecule has 0 atom stereocenters. The fraction of sp³-hybridized carbons (Fsp3) is 0.167. The Kier molecular flexibility index (Phi) is 3.64. The van der Waals surface area contributed by atoms with E-state index in [0.717, 1.165) is 5.56 Å². The number of aromatic nitrogens is 2. The number of hydrogen-bond donors (Lipinski definition) is 0. The van der Waals surface area contributed by atoms with Crippen molar-refractivity contribution in [2.24, 2.45) is 0 Å². The third kappa shape index (κ3) is 2.12. The van der Waals surface area contributed by atoms with Crippen LogP contribution < -0.4 is 11.0 Å². The third-order valence-electron chi connectivity index (χ3n) is 3.81. The summed E-state index contributed by atoms with van der Waals surface area (Å²) in [5.41, 5.74) is 2.68. The van der Waals surface area contributed by atoms with Crippen LogP contribution in [0.2, 0.25) is 0 Å². The summed E-state index contributed by atoms with van der Waals surface area (Å²) in [6.07, 6.45) is 0. The first-order chi connectivity index (χ1) is 11.1. The molecule has 0 spiro atoms. The molecule has 112 valence electrons. The van der Waals surface area contributed by atoms with Crippen molar-refractivity contribution < 1.29 is 4.79 Å². The number of fused-ring (bicyclic) bond motifs is 4. The molecule has 0 fully saturated rings. The molecule has 4 nitrogen and oxygen atoms in total. The second kappa shape index (κ2) is 5.50. The molecule has 1 aliphatic rings. The molecule has 0 unspecified atom stereocenters. The molecule has 1 aromatic heterocycles. The first kappa shape index (κ1) is 15.2. The van der Waals surface area contributed by atoms with E-state index in [-0.39, 0.29) is 17.2 Å². The molecule has 0 N–H and O–H groups in total. The summed E-state index contributed by atoms with van der Waals surface area (Å²) < 4.78 is 1.37. The molecule has 1 aliphatic heterocycles. The summed E-state index contributed by atoms with van der Waals surface area (Å²) in [4.78, 5) is 29.6. The molecule has 3 aromatic rings. The lowest BCUT2D eigenvalue weighted by Gasteiger charge is -2.07. The molecule has 0 saturated heterocycles. The highest BCUT2D eigenvalue weighted by Gasteiger charge is 2.30. The zero-order valence-corrected chi connectivity index (χ0v) is 13.3. The lowest BCUT2D eigenvalue weighted by molar-refractivity contribution is 0.103. The zero-order chi connectivity index (χ0) is 16.7. The molecule has 0 amide bonds. The summed E-state index contributed by atoms with van der Waals surface area (Å²) in [5, 5.41) is 0.510. The predicted octanol–water partition coefficient (Wildman–Crippen LogP) is 2.06. The average Bonchev–Trinajstić information content (AvgIpc) is 2.84. The Hall–Kier alpha value is -2.69. The van der Waals surface area contributed by atoms with Gasteiger partial charge in [0.15, 0.2) is 5.82 Å². The van der Waals surface area contributed by atoms with Crippen LogP contribution in [-0.2, 0) is 0 Å². The lowest BCUT2D eigenvalue weighted by Crippen LogP contribution is -2.21. The number of nitrogens with zero attached hydrogens (tertiary/aromatic N) is 2. The van der Waals surface area contributed by atoms with Crippen LogP contribution >= 0.6 is 0 Å². The SMILES string of the molecule is CC.[B]c1ccc2c(c1)C(=O)c1nc3c(C)cccc3c(=O)n1-2. The van der Waals surface area contributed by atoms with Crippen molar-refractivity contribution >= 4 is 30.0 Å². The van der Waals surface area contributed by atoms with Gasteiger partial charge in [-0.15, -0.1) is 0 Å². The molecule has 4 rings (SSSR count). The summed E-state index contributed by atoms with van der Waals surface area (Å²) >= 11 is 0. The monoisotopic (exact) mass is 302 g/mol. The number of rotatable bonds is 0. The Morgan fingerprint density at radius 1 is 1.09 bits per heavy atom. The normalized spacial score (nSPS) is 11.7. The average molecular weight is 302 g/mol. The second-order valence-electron chi connectivity index (χ2n) is 5.15. The van der Waals surface area contributed by atoms with Gasteiger partial charge in [-0.25, -0.2) is 4.98 Å². The summed E-state index contributed by atoms with van der Waals surface area (Å²) in [5.74, 6) is -0.109. The Morgan fingerprint density at radius 2 is 1.83 bits per heavy atom. The molecule has 0 saturated carbocycles. The fourth-order valence-corrected chi connectivity index (χ4v) is 2.78. The van der Waals surface area contributed by atoms with E-state index in [2.05, 4.69) is 4.98 Å². The van der Waals surface area contributed by atoms with Crippen molar-refractivity contribution in [2.45, 2.75) is 20.8 Å². The largest absolute Gasteiger partial charge is 0.285 e. The van der Waals surface area contributed by atoms with Crippen molar-refractivity contribution in [1.82, 2.24) is 9.55 Å².